The molecule has 0 saturated heterocycles. The zero-order chi connectivity index (χ0) is 12.4. The number of anilines is 2. The van der Waals surface area contributed by atoms with Crippen molar-refractivity contribution in [3.63, 3.8) is 0 Å². The summed E-state index contributed by atoms with van der Waals surface area (Å²) in [7, 11) is 0. The third-order valence-corrected chi connectivity index (χ3v) is 4.72. The average molecular weight is 376 g/mol. The molecule has 3 N–H and O–H groups in total. The second-order valence-electron chi connectivity index (χ2n) is 3.75. The van der Waals surface area contributed by atoms with Crippen LogP contribution in [0, 0.1) is 6.92 Å². The van der Waals surface area contributed by atoms with E-state index in [4.69, 9.17) is 5.73 Å². The van der Waals surface area contributed by atoms with Crippen molar-refractivity contribution in [2.45, 2.75) is 13.5 Å². The van der Waals surface area contributed by atoms with Crippen molar-refractivity contribution in [3.05, 3.63) is 43.0 Å². The first kappa shape index (κ1) is 12.9. The molecule has 0 aliphatic carbocycles. The summed E-state index contributed by atoms with van der Waals surface area (Å²) in [5.41, 5.74) is 8.80. The Labute approximate surface area is 121 Å². The third-order valence-electron chi connectivity index (χ3n) is 2.44. The second-order valence-corrected chi connectivity index (χ2v) is 7.15. The molecule has 0 spiro atoms. The van der Waals surface area contributed by atoms with Gasteiger partial charge in [-0.15, -0.1) is 11.3 Å². The lowest BCUT2D eigenvalue weighted by Crippen LogP contribution is -2.00. The van der Waals surface area contributed by atoms with Gasteiger partial charge in [0.15, 0.2) is 0 Å². The molecule has 0 amide bonds. The summed E-state index contributed by atoms with van der Waals surface area (Å²) in [6, 6.07) is 8.16. The van der Waals surface area contributed by atoms with Gasteiger partial charge >= 0.3 is 0 Å². The molecule has 90 valence electrons. The summed E-state index contributed by atoms with van der Waals surface area (Å²) < 4.78 is 2.15. The Bertz CT molecular complexity index is 537. The Morgan fingerprint density at radius 2 is 2.06 bits per heavy atom. The minimum atomic E-state index is 0.807. The number of hydrogen-bond acceptors (Lipinski definition) is 3. The molecule has 2 nitrogen and oxygen atoms in total. The zero-order valence-electron chi connectivity index (χ0n) is 9.26. The van der Waals surface area contributed by atoms with E-state index >= 15 is 0 Å². The summed E-state index contributed by atoms with van der Waals surface area (Å²) >= 11 is 8.70. The zero-order valence-corrected chi connectivity index (χ0v) is 13.2. The maximum Gasteiger partial charge on any atom is 0.0702 e. The van der Waals surface area contributed by atoms with Crippen molar-refractivity contribution < 1.29 is 0 Å². The van der Waals surface area contributed by atoms with Crippen LogP contribution < -0.4 is 11.1 Å². The number of rotatable bonds is 3. The molecule has 2 rings (SSSR count). The van der Waals surface area contributed by atoms with Gasteiger partial charge in [-0.25, -0.2) is 0 Å². The fraction of sp³-hybridized carbons (Fsp3) is 0.167. The summed E-state index contributed by atoms with van der Waals surface area (Å²) in [5, 5.41) is 3.40. The number of nitrogens with two attached hydrogens (primary N) is 1. The maximum absolute atomic E-state index is 5.84. The normalized spacial score (nSPS) is 10.5. The van der Waals surface area contributed by atoms with E-state index in [2.05, 4.69) is 55.4 Å². The molecule has 0 bridgehead atoms. The number of nitrogens with one attached hydrogen (secondary N) is 1. The molecule has 17 heavy (non-hydrogen) atoms. The van der Waals surface area contributed by atoms with Crippen molar-refractivity contribution in [2.75, 3.05) is 11.1 Å². The number of benzene rings is 1. The third kappa shape index (κ3) is 3.24. The molecule has 0 atom stereocenters. The Balaban J connectivity index is 2.11. The number of aryl methyl sites for hydroxylation is 1. The van der Waals surface area contributed by atoms with Crippen LogP contribution in [0.1, 0.15) is 10.4 Å². The van der Waals surface area contributed by atoms with Crippen LogP contribution in [0.15, 0.2) is 32.5 Å². The predicted molar refractivity (Wildman–Crippen MR) is 82.6 cm³/mol. The Morgan fingerprint density at radius 3 is 2.71 bits per heavy atom. The van der Waals surface area contributed by atoms with Crippen LogP contribution in [0.4, 0.5) is 11.4 Å². The van der Waals surface area contributed by atoms with Gasteiger partial charge in [0.1, 0.15) is 0 Å². The smallest absolute Gasteiger partial charge is 0.0702 e. The highest BCUT2D eigenvalue weighted by Gasteiger charge is 2.04. The molecule has 1 aromatic heterocycles. The Hall–Kier alpha value is -0.520. The van der Waals surface area contributed by atoms with E-state index in [9.17, 15) is 0 Å². The van der Waals surface area contributed by atoms with Crippen molar-refractivity contribution in [3.8, 4) is 0 Å². The van der Waals surface area contributed by atoms with Gasteiger partial charge in [0, 0.05) is 27.3 Å². The van der Waals surface area contributed by atoms with Gasteiger partial charge in [-0.2, -0.15) is 0 Å². The lowest BCUT2D eigenvalue weighted by Gasteiger charge is -2.10. The molecule has 0 fully saturated rings. The molecule has 1 heterocycles. The summed E-state index contributed by atoms with van der Waals surface area (Å²) in [6.45, 7) is 2.83. The molecule has 5 heteroatoms. The topological polar surface area (TPSA) is 38.0 Å². The van der Waals surface area contributed by atoms with E-state index in [0.29, 0.717) is 0 Å². The van der Waals surface area contributed by atoms with Crippen LogP contribution in [0.2, 0.25) is 0 Å². The minimum Gasteiger partial charge on any atom is -0.398 e. The highest BCUT2D eigenvalue weighted by atomic mass is 79.9. The molecule has 0 radical (unpaired) electrons. The quantitative estimate of drug-likeness (QED) is 0.758. The van der Waals surface area contributed by atoms with E-state index in [1.165, 1.54) is 4.88 Å². The van der Waals surface area contributed by atoms with Crippen LogP contribution >= 0.6 is 43.2 Å². The molecule has 0 unspecified atom stereocenters. The van der Waals surface area contributed by atoms with Crippen LogP contribution in [-0.4, -0.2) is 0 Å². The maximum atomic E-state index is 5.84. The van der Waals surface area contributed by atoms with Crippen molar-refractivity contribution in [1.82, 2.24) is 0 Å². The Morgan fingerprint density at radius 1 is 1.29 bits per heavy atom. The predicted octanol–water partition coefficient (Wildman–Crippen LogP) is 4.78. The molecule has 1 aromatic carbocycles. The summed E-state index contributed by atoms with van der Waals surface area (Å²) in [6.07, 6.45) is 0. The summed E-state index contributed by atoms with van der Waals surface area (Å²) in [4.78, 5) is 1.29. The first-order valence-corrected chi connectivity index (χ1v) is 7.50. The van der Waals surface area contributed by atoms with Gasteiger partial charge in [-0.3, -0.25) is 0 Å². The van der Waals surface area contributed by atoms with Crippen LogP contribution in [-0.2, 0) is 6.54 Å². The second kappa shape index (κ2) is 5.42. The van der Waals surface area contributed by atoms with Gasteiger partial charge in [-0.05, 0) is 68.6 Å². The summed E-state index contributed by atoms with van der Waals surface area (Å²) in [5.74, 6) is 0. The van der Waals surface area contributed by atoms with E-state index in [1.54, 1.807) is 11.3 Å². The van der Waals surface area contributed by atoms with Crippen molar-refractivity contribution in [1.29, 1.82) is 0 Å². The highest BCUT2D eigenvalue weighted by Crippen LogP contribution is 2.29. The van der Waals surface area contributed by atoms with Gasteiger partial charge in [-0.1, -0.05) is 0 Å². The van der Waals surface area contributed by atoms with Crippen molar-refractivity contribution in [2.24, 2.45) is 0 Å². The lowest BCUT2D eigenvalue weighted by atomic mass is 10.2. The SMILES string of the molecule is Cc1cc(NCc2ccc(Br)s2)c(Br)cc1N. The van der Waals surface area contributed by atoms with E-state index in [-0.39, 0.29) is 0 Å². The minimum absolute atomic E-state index is 0.807. The highest BCUT2D eigenvalue weighted by molar-refractivity contribution is 9.11. The van der Waals surface area contributed by atoms with E-state index < -0.39 is 0 Å². The fourth-order valence-corrected chi connectivity index (χ4v) is 3.39. The average Bonchev–Trinajstić information content (AvgIpc) is 2.68. The number of nitrogen functional groups attached to an aromatic ring is 1. The monoisotopic (exact) mass is 374 g/mol. The van der Waals surface area contributed by atoms with Crippen molar-refractivity contribution >= 4 is 54.6 Å². The fourth-order valence-electron chi connectivity index (χ4n) is 1.46. The lowest BCUT2D eigenvalue weighted by molar-refractivity contribution is 1.18. The van der Waals surface area contributed by atoms with Gasteiger partial charge < -0.3 is 11.1 Å². The largest absolute Gasteiger partial charge is 0.398 e. The van der Waals surface area contributed by atoms with Crippen LogP contribution in [0.5, 0.6) is 0 Å². The molecular formula is C12H12Br2N2S. The van der Waals surface area contributed by atoms with Crippen LogP contribution in [0.25, 0.3) is 0 Å². The van der Waals surface area contributed by atoms with Gasteiger partial charge in [0.05, 0.1) is 3.79 Å². The molecule has 0 aliphatic heterocycles. The Kier molecular flexibility index (Phi) is 4.12. The molecule has 0 saturated carbocycles. The number of thiophene rings is 1. The number of halogens is 2. The standard InChI is InChI=1S/C12H12Br2N2S/c1-7-4-11(9(13)5-10(7)15)16-6-8-2-3-12(14)17-8/h2-5,16H,6,15H2,1H3. The molecule has 2 aromatic rings. The first-order valence-electron chi connectivity index (χ1n) is 5.10. The van der Waals surface area contributed by atoms with E-state index in [0.717, 1.165) is 31.7 Å². The van der Waals surface area contributed by atoms with Gasteiger partial charge in [0.2, 0.25) is 0 Å². The molecular weight excluding hydrogens is 364 g/mol. The molecule has 0 aliphatic rings. The van der Waals surface area contributed by atoms with Crippen LogP contribution in [0.3, 0.4) is 0 Å². The first-order chi connectivity index (χ1) is 8.06. The number of hydrogen-bond donors (Lipinski definition) is 2. The van der Waals surface area contributed by atoms with Gasteiger partial charge in [0.25, 0.3) is 0 Å². The van der Waals surface area contributed by atoms with E-state index in [1.807, 2.05) is 13.0 Å².